The third kappa shape index (κ3) is 4.10. The lowest BCUT2D eigenvalue weighted by Crippen LogP contribution is -2.51. The molecule has 140 valence electrons. The molecule has 0 radical (unpaired) electrons. The first-order valence-corrected chi connectivity index (χ1v) is 10.4. The fraction of sp³-hybridized carbons (Fsp3) is 0.471. The Kier molecular flexibility index (Phi) is 5.38. The van der Waals surface area contributed by atoms with Crippen molar-refractivity contribution < 1.29 is 13.2 Å². The molecule has 2 aromatic heterocycles. The number of rotatable bonds is 5. The van der Waals surface area contributed by atoms with E-state index >= 15 is 0 Å². The number of imidazole rings is 1. The highest BCUT2D eigenvalue weighted by atomic mass is 32.2. The molecule has 1 aliphatic rings. The van der Waals surface area contributed by atoms with Gasteiger partial charge in [-0.2, -0.15) is 4.31 Å². The van der Waals surface area contributed by atoms with Gasteiger partial charge in [0, 0.05) is 31.7 Å². The van der Waals surface area contributed by atoms with Crippen molar-refractivity contribution in [2.75, 3.05) is 12.8 Å². The highest BCUT2D eigenvalue weighted by Gasteiger charge is 2.34. The van der Waals surface area contributed by atoms with Crippen LogP contribution in [0.2, 0.25) is 0 Å². The molecule has 0 spiro atoms. The van der Waals surface area contributed by atoms with Crippen molar-refractivity contribution >= 4 is 15.9 Å². The van der Waals surface area contributed by atoms with E-state index < -0.39 is 16.1 Å². The zero-order chi connectivity index (χ0) is 18.7. The fourth-order valence-corrected chi connectivity index (χ4v) is 4.32. The van der Waals surface area contributed by atoms with E-state index in [0.29, 0.717) is 19.5 Å². The first-order chi connectivity index (χ1) is 12.4. The smallest absolute Gasteiger partial charge is 0.238 e. The Morgan fingerprint density at radius 3 is 2.81 bits per heavy atom. The third-order valence-corrected chi connectivity index (χ3v) is 5.82. The summed E-state index contributed by atoms with van der Waals surface area (Å²) in [4.78, 5) is 21.1. The Morgan fingerprint density at radius 2 is 2.12 bits per heavy atom. The van der Waals surface area contributed by atoms with E-state index in [1.807, 2.05) is 29.8 Å². The minimum Gasteiger partial charge on any atom is -0.351 e. The summed E-state index contributed by atoms with van der Waals surface area (Å²) in [5, 5.41) is 2.86. The van der Waals surface area contributed by atoms with Gasteiger partial charge >= 0.3 is 0 Å². The largest absolute Gasteiger partial charge is 0.351 e. The van der Waals surface area contributed by atoms with Crippen molar-refractivity contribution in [1.82, 2.24) is 24.2 Å². The molecule has 1 fully saturated rings. The molecule has 0 aliphatic carbocycles. The summed E-state index contributed by atoms with van der Waals surface area (Å²) < 4.78 is 27.0. The molecule has 1 aliphatic heterocycles. The summed E-state index contributed by atoms with van der Waals surface area (Å²) in [7, 11) is -3.39. The number of hydrogen-bond donors (Lipinski definition) is 1. The molecule has 8 nitrogen and oxygen atoms in total. The number of sulfonamides is 1. The van der Waals surface area contributed by atoms with Crippen molar-refractivity contribution in [2.24, 2.45) is 0 Å². The van der Waals surface area contributed by atoms with Crippen LogP contribution in [0.5, 0.6) is 0 Å². The SMILES string of the molecule is Cc1nccn1-c1cc(CNC(=O)[C@H]2CCCCN2S(C)(=O)=O)ccn1. The summed E-state index contributed by atoms with van der Waals surface area (Å²) in [5.41, 5.74) is 0.887. The van der Waals surface area contributed by atoms with Gasteiger partial charge in [-0.15, -0.1) is 0 Å². The minimum absolute atomic E-state index is 0.257. The van der Waals surface area contributed by atoms with Crippen molar-refractivity contribution in [3.8, 4) is 5.82 Å². The number of nitrogens with one attached hydrogen (secondary N) is 1. The first kappa shape index (κ1) is 18.5. The Hall–Kier alpha value is -2.26. The van der Waals surface area contributed by atoms with Gasteiger partial charge in [0.1, 0.15) is 17.7 Å². The van der Waals surface area contributed by atoms with E-state index in [9.17, 15) is 13.2 Å². The molecular formula is C17H23N5O3S. The molecule has 3 rings (SSSR count). The Bertz CT molecular complexity index is 893. The topological polar surface area (TPSA) is 97.2 Å². The van der Waals surface area contributed by atoms with Crippen molar-refractivity contribution in [3.05, 3.63) is 42.1 Å². The van der Waals surface area contributed by atoms with Crippen LogP contribution in [0.3, 0.4) is 0 Å². The molecule has 0 bridgehead atoms. The van der Waals surface area contributed by atoms with Gasteiger partial charge in [-0.1, -0.05) is 6.42 Å². The molecule has 2 aromatic rings. The molecule has 0 saturated carbocycles. The third-order valence-electron chi connectivity index (χ3n) is 4.53. The quantitative estimate of drug-likeness (QED) is 0.839. The van der Waals surface area contributed by atoms with Gasteiger partial charge < -0.3 is 5.32 Å². The maximum Gasteiger partial charge on any atom is 0.238 e. The normalized spacial score (nSPS) is 18.6. The van der Waals surface area contributed by atoms with Crippen LogP contribution < -0.4 is 5.32 Å². The van der Waals surface area contributed by atoms with Gasteiger partial charge in [0.15, 0.2) is 0 Å². The number of aryl methyl sites for hydroxylation is 1. The molecule has 1 N–H and O–H groups in total. The maximum absolute atomic E-state index is 12.5. The van der Waals surface area contributed by atoms with Gasteiger partial charge in [0.05, 0.1) is 6.26 Å². The molecule has 1 saturated heterocycles. The van der Waals surface area contributed by atoms with Gasteiger partial charge in [0.2, 0.25) is 15.9 Å². The van der Waals surface area contributed by atoms with Crippen molar-refractivity contribution in [1.29, 1.82) is 0 Å². The van der Waals surface area contributed by atoms with Gasteiger partial charge in [-0.25, -0.2) is 18.4 Å². The standard InChI is InChI=1S/C17H23N5O3S/c1-13-18-8-10-21(13)16-11-14(6-7-19-16)12-20-17(23)15-5-3-4-9-22(15)26(2,24)25/h6-8,10-11,15H,3-5,9,12H2,1-2H3,(H,20,23)/t15-/m1/s1. The predicted molar refractivity (Wildman–Crippen MR) is 97.1 cm³/mol. The number of nitrogens with zero attached hydrogens (tertiary/aromatic N) is 4. The van der Waals surface area contributed by atoms with E-state index in [1.165, 1.54) is 4.31 Å². The molecular weight excluding hydrogens is 354 g/mol. The Labute approximate surface area is 153 Å². The lowest BCUT2D eigenvalue weighted by molar-refractivity contribution is -0.125. The molecule has 3 heterocycles. The highest BCUT2D eigenvalue weighted by molar-refractivity contribution is 7.88. The first-order valence-electron chi connectivity index (χ1n) is 8.56. The van der Waals surface area contributed by atoms with Gasteiger partial charge in [-0.3, -0.25) is 9.36 Å². The summed E-state index contributed by atoms with van der Waals surface area (Å²) in [6.45, 7) is 2.60. The number of pyridine rings is 1. The number of aromatic nitrogens is 3. The Morgan fingerprint density at radius 1 is 1.31 bits per heavy atom. The fourth-order valence-electron chi connectivity index (χ4n) is 3.19. The lowest BCUT2D eigenvalue weighted by atomic mass is 10.0. The molecule has 0 unspecified atom stereocenters. The van der Waals surface area contributed by atoms with E-state index in [1.54, 1.807) is 12.4 Å². The summed E-state index contributed by atoms with van der Waals surface area (Å²) in [6.07, 6.45) is 8.55. The zero-order valence-corrected chi connectivity index (χ0v) is 15.7. The maximum atomic E-state index is 12.5. The van der Waals surface area contributed by atoms with Crippen molar-refractivity contribution in [3.63, 3.8) is 0 Å². The monoisotopic (exact) mass is 377 g/mol. The van der Waals surface area contributed by atoms with E-state index in [2.05, 4.69) is 15.3 Å². The second-order valence-corrected chi connectivity index (χ2v) is 8.40. The van der Waals surface area contributed by atoms with E-state index in [0.717, 1.165) is 36.3 Å². The molecule has 0 aromatic carbocycles. The van der Waals surface area contributed by atoms with E-state index in [-0.39, 0.29) is 5.91 Å². The van der Waals surface area contributed by atoms with Crippen LogP contribution in [0.4, 0.5) is 0 Å². The van der Waals surface area contributed by atoms with Crippen LogP contribution in [-0.4, -0.2) is 52.0 Å². The van der Waals surface area contributed by atoms with Gasteiger partial charge in [-0.05, 0) is 37.5 Å². The summed E-state index contributed by atoms with van der Waals surface area (Å²) >= 11 is 0. The van der Waals surface area contributed by atoms with Crippen LogP contribution in [0, 0.1) is 6.92 Å². The molecule has 1 amide bonds. The zero-order valence-electron chi connectivity index (χ0n) is 14.9. The number of piperidine rings is 1. The van der Waals surface area contributed by atoms with Crippen molar-refractivity contribution in [2.45, 2.75) is 38.8 Å². The second kappa shape index (κ2) is 7.55. The second-order valence-electron chi connectivity index (χ2n) is 6.47. The highest BCUT2D eigenvalue weighted by Crippen LogP contribution is 2.20. The number of hydrogen-bond acceptors (Lipinski definition) is 5. The van der Waals surface area contributed by atoms with Crippen LogP contribution in [0.1, 0.15) is 30.7 Å². The predicted octanol–water partition coefficient (Wildman–Crippen LogP) is 1.01. The van der Waals surface area contributed by atoms with Gasteiger partial charge in [0.25, 0.3) is 0 Å². The average molecular weight is 377 g/mol. The van der Waals surface area contributed by atoms with E-state index in [4.69, 9.17) is 0 Å². The summed E-state index contributed by atoms with van der Waals surface area (Å²) in [6, 6.07) is 3.08. The molecule has 26 heavy (non-hydrogen) atoms. The van der Waals surface area contributed by atoms with Crippen LogP contribution in [0.15, 0.2) is 30.7 Å². The number of carbonyl (C=O) groups excluding carboxylic acids is 1. The van der Waals surface area contributed by atoms with Crippen LogP contribution in [0.25, 0.3) is 5.82 Å². The number of carbonyl (C=O) groups is 1. The number of amides is 1. The lowest BCUT2D eigenvalue weighted by Gasteiger charge is -2.32. The van der Waals surface area contributed by atoms with Crippen LogP contribution >= 0.6 is 0 Å². The average Bonchev–Trinajstić information content (AvgIpc) is 3.05. The summed E-state index contributed by atoms with van der Waals surface area (Å²) in [5.74, 6) is 1.29. The minimum atomic E-state index is -3.39. The molecule has 1 atom stereocenters. The molecule has 9 heteroatoms. The van der Waals surface area contributed by atoms with Crippen LogP contribution in [-0.2, 0) is 21.4 Å². The Balaban J connectivity index is 1.69.